The molecule has 0 spiro atoms. The quantitative estimate of drug-likeness (QED) is 0.836. The van der Waals surface area contributed by atoms with Crippen LogP contribution in [0.4, 0.5) is 13.2 Å². The first-order valence-corrected chi connectivity index (χ1v) is 6.43. The van der Waals surface area contributed by atoms with E-state index in [4.69, 9.17) is 0 Å². The van der Waals surface area contributed by atoms with E-state index in [1.807, 2.05) is 6.92 Å². The molecule has 0 radical (unpaired) electrons. The molecule has 1 aliphatic rings. The fraction of sp³-hybridized carbons (Fsp3) is 0.900. The van der Waals surface area contributed by atoms with Crippen molar-refractivity contribution in [3.05, 3.63) is 0 Å². The standard InChI is InChI=1S/C10H17F3N2S/c1-3-8-4-5-16-9(15-8)14-7(2)6-10(11,12)13/h7-8H,3-6H2,1-2H3,(H,14,15). The summed E-state index contributed by atoms with van der Waals surface area (Å²) in [6.07, 6.45) is -2.97. The third-order valence-corrected chi connectivity index (χ3v) is 3.30. The van der Waals surface area contributed by atoms with Crippen molar-refractivity contribution in [2.45, 2.75) is 51.4 Å². The zero-order chi connectivity index (χ0) is 12.2. The normalized spacial score (nSPS) is 23.8. The van der Waals surface area contributed by atoms with Gasteiger partial charge in [-0.05, 0) is 19.8 Å². The average molecular weight is 254 g/mol. The number of amidine groups is 1. The Labute approximate surface area is 98.1 Å². The maximum Gasteiger partial charge on any atom is 0.391 e. The molecule has 0 aromatic heterocycles. The second-order valence-corrected chi connectivity index (χ2v) is 5.08. The van der Waals surface area contributed by atoms with Gasteiger partial charge in [-0.3, -0.25) is 4.99 Å². The second-order valence-electron chi connectivity index (χ2n) is 4.00. The molecule has 1 rings (SSSR count). The predicted octanol–water partition coefficient (Wildman–Crippen LogP) is 3.19. The fourth-order valence-corrected chi connectivity index (χ4v) is 2.63. The van der Waals surface area contributed by atoms with Gasteiger partial charge in [-0.25, -0.2) is 0 Å². The van der Waals surface area contributed by atoms with Crippen LogP contribution in [0.1, 0.15) is 33.1 Å². The van der Waals surface area contributed by atoms with Gasteiger partial charge in [0.05, 0.1) is 12.5 Å². The van der Waals surface area contributed by atoms with Crippen molar-refractivity contribution in [2.24, 2.45) is 4.99 Å². The number of thioether (sulfide) groups is 1. The Balaban J connectivity index is 2.44. The van der Waals surface area contributed by atoms with Gasteiger partial charge in [0.15, 0.2) is 5.17 Å². The smallest absolute Gasteiger partial charge is 0.362 e. The maximum absolute atomic E-state index is 12.1. The third-order valence-electron chi connectivity index (χ3n) is 2.37. The van der Waals surface area contributed by atoms with Crippen LogP contribution in [-0.2, 0) is 0 Å². The molecule has 0 aromatic carbocycles. The lowest BCUT2D eigenvalue weighted by Gasteiger charge is -2.23. The van der Waals surface area contributed by atoms with Crippen LogP contribution in [0.15, 0.2) is 4.99 Å². The third kappa shape index (κ3) is 5.09. The predicted molar refractivity (Wildman–Crippen MR) is 61.9 cm³/mol. The van der Waals surface area contributed by atoms with E-state index in [1.165, 1.54) is 18.7 Å². The van der Waals surface area contributed by atoms with Gasteiger partial charge >= 0.3 is 6.18 Å². The van der Waals surface area contributed by atoms with E-state index >= 15 is 0 Å². The van der Waals surface area contributed by atoms with Crippen LogP contribution in [0.5, 0.6) is 0 Å². The lowest BCUT2D eigenvalue weighted by Crippen LogP contribution is -2.36. The molecule has 6 heteroatoms. The summed E-state index contributed by atoms with van der Waals surface area (Å²) in [5.74, 6) is 0.934. The molecule has 94 valence electrons. The molecule has 0 aromatic rings. The van der Waals surface area contributed by atoms with Crippen LogP contribution in [0.2, 0.25) is 0 Å². The number of nitrogens with one attached hydrogen (secondary N) is 1. The molecule has 2 atom stereocenters. The summed E-state index contributed by atoms with van der Waals surface area (Å²) < 4.78 is 36.3. The Morgan fingerprint density at radius 2 is 2.25 bits per heavy atom. The summed E-state index contributed by atoms with van der Waals surface area (Å²) in [7, 11) is 0. The van der Waals surface area contributed by atoms with Crippen molar-refractivity contribution in [1.82, 2.24) is 5.32 Å². The van der Waals surface area contributed by atoms with Crippen molar-refractivity contribution in [2.75, 3.05) is 5.75 Å². The van der Waals surface area contributed by atoms with E-state index in [0.29, 0.717) is 5.17 Å². The number of aliphatic imine (C=N–C) groups is 1. The zero-order valence-electron chi connectivity index (χ0n) is 9.47. The molecular formula is C10H17F3N2S. The molecular weight excluding hydrogens is 237 g/mol. The largest absolute Gasteiger partial charge is 0.391 e. The van der Waals surface area contributed by atoms with E-state index in [1.54, 1.807) is 0 Å². The number of hydrogen-bond donors (Lipinski definition) is 1. The van der Waals surface area contributed by atoms with Gasteiger partial charge in [0.1, 0.15) is 0 Å². The minimum atomic E-state index is -4.11. The molecule has 0 bridgehead atoms. The summed E-state index contributed by atoms with van der Waals surface area (Å²) in [5, 5.41) is 3.49. The number of rotatable bonds is 3. The number of alkyl halides is 3. The summed E-state index contributed by atoms with van der Waals surface area (Å²) in [5.41, 5.74) is 0. The van der Waals surface area contributed by atoms with Gasteiger partial charge < -0.3 is 5.32 Å². The van der Waals surface area contributed by atoms with Gasteiger partial charge in [-0.1, -0.05) is 18.7 Å². The Morgan fingerprint density at radius 1 is 1.56 bits per heavy atom. The molecule has 1 N–H and O–H groups in total. The van der Waals surface area contributed by atoms with Crippen LogP contribution in [-0.4, -0.2) is 29.2 Å². The first kappa shape index (κ1) is 13.7. The maximum atomic E-state index is 12.1. The minimum Gasteiger partial charge on any atom is -0.362 e. The lowest BCUT2D eigenvalue weighted by molar-refractivity contribution is -0.138. The molecule has 1 heterocycles. The Kier molecular flexibility index (Phi) is 4.95. The highest BCUT2D eigenvalue weighted by Crippen LogP contribution is 2.23. The molecule has 2 nitrogen and oxygen atoms in total. The van der Waals surface area contributed by atoms with E-state index in [-0.39, 0.29) is 6.04 Å². The average Bonchev–Trinajstić information content (AvgIpc) is 2.15. The second kappa shape index (κ2) is 5.80. The zero-order valence-corrected chi connectivity index (χ0v) is 10.3. The molecule has 16 heavy (non-hydrogen) atoms. The Hall–Kier alpha value is -0.390. The summed E-state index contributed by atoms with van der Waals surface area (Å²) >= 11 is 1.51. The fourth-order valence-electron chi connectivity index (χ4n) is 1.54. The highest BCUT2D eigenvalue weighted by atomic mass is 32.2. The Bertz CT molecular complexity index is 253. The van der Waals surface area contributed by atoms with Crippen LogP contribution in [0.3, 0.4) is 0 Å². The summed E-state index contributed by atoms with van der Waals surface area (Å²) in [6.45, 7) is 3.58. The number of nitrogens with zero attached hydrogens (tertiary/aromatic N) is 1. The summed E-state index contributed by atoms with van der Waals surface area (Å²) in [6, 6.07) is -0.344. The number of halogens is 3. The SMILES string of the molecule is CCC1CCSC(NC(C)CC(F)(F)F)=N1. The molecule has 0 saturated heterocycles. The van der Waals surface area contributed by atoms with Crippen molar-refractivity contribution >= 4 is 16.9 Å². The van der Waals surface area contributed by atoms with Crippen LogP contribution < -0.4 is 5.32 Å². The summed E-state index contributed by atoms with van der Waals surface area (Å²) in [4.78, 5) is 4.37. The van der Waals surface area contributed by atoms with Gasteiger partial charge in [0.25, 0.3) is 0 Å². The molecule has 0 amide bonds. The molecule has 1 aliphatic heterocycles. The van der Waals surface area contributed by atoms with Crippen LogP contribution >= 0.6 is 11.8 Å². The molecule has 0 fully saturated rings. The minimum absolute atomic E-state index is 0.266. The van der Waals surface area contributed by atoms with E-state index in [0.717, 1.165) is 18.6 Å². The van der Waals surface area contributed by atoms with E-state index in [2.05, 4.69) is 10.3 Å². The highest BCUT2D eigenvalue weighted by Gasteiger charge is 2.30. The topological polar surface area (TPSA) is 24.4 Å². The monoisotopic (exact) mass is 254 g/mol. The molecule has 0 aliphatic carbocycles. The Morgan fingerprint density at radius 3 is 2.81 bits per heavy atom. The van der Waals surface area contributed by atoms with Gasteiger partial charge in [-0.15, -0.1) is 0 Å². The van der Waals surface area contributed by atoms with Crippen molar-refractivity contribution in [3.63, 3.8) is 0 Å². The first-order chi connectivity index (χ1) is 7.40. The van der Waals surface area contributed by atoms with E-state index in [9.17, 15) is 13.2 Å². The van der Waals surface area contributed by atoms with Gasteiger partial charge in [0.2, 0.25) is 0 Å². The van der Waals surface area contributed by atoms with Gasteiger partial charge in [-0.2, -0.15) is 13.2 Å². The van der Waals surface area contributed by atoms with Crippen LogP contribution in [0, 0.1) is 0 Å². The number of hydrogen-bond acceptors (Lipinski definition) is 3. The van der Waals surface area contributed by atoms with Gasteiger partial charge in [0, 0.05) is 11.8 Å². The lowest BCUT2D eigenvalue weighted by atomic mass is 10.2. The highest BCUT2D eigenvalue weighted by molar-refractivity contribution is 8.13. The van der Waals surface area contributed by atoms with E-state index < -0.39 is 18.6 Å². The first-order valence-electron chi connectivity index (χ1n) is 5.44. The molecule has 2 unspecified atom stereocenters. The van der Waals surface area contributed by atoms with Crippen molar-refractivity contribution in [1.29, 1.82) is 0 Å². The molecule has 0 saturated carbocycles. The van der Waals surface area contributed by atoms with Crippen LogP contribution in [0.25, 0.3) is 0 Å². The van der Waals surface area contributed by atoms with Crippen molar-refractivity contribution in [3.8, 4) is 0 Å². The van der Waals surface area contributed by atoms with Crippen molar-refractivity contribution < 1.29 is 13.2 Å².